The van der Waals surface area contributed by atoms with Crippen LogP contribution in [-0.4, -0.2) is 36.5 Å². The molecule has 2 fully saturated rings. The number of hydrogen-bond acceptors (Lipinski definition) is 3. The molecule has 3 unspecified atom stereocenters. The highest BCUT2D eigenvalue weighted by atomic mass is 19.1. The van der Waals surface area contributed by atoms with Crippen molar-refractivity contribution >= 4 is 5.91 Å². The lowest BCUT2D eigenvalue weighted by molar-refractivity contribution is 0.0909. The lowest BCUT2D eigenvalue weighted by atomic mass is 9.96. The molecule has 130 valence electrons. The Hall–Kier alpha value is -2.40. The zero-order valence-electron chi connectivity index (χ0n) is 14.0. The van der Waals surface area contributed by atoms with Gasteiger partial charge in [-0.2, -0.15) is 0 Å². The average Bonchev–Trinajstić information content (AvgIpc) is 2.96. The van der Waals surface area contributed by atoms with Crippen molar-refractivity contribution in [3.05, 3.63) is 59.9 Å². The van der Waals surface area contributed by atoms with Gasteiger partial charge >= 0.3 is 0 Å². The Balaban J connectivity index is 1.38. The Labute approximate surface area is 146 Å². The van der Waals surface area contributed by atoms with Gasteiger partial charge < -0.3 is 15.0 Å². The van der Waals surface area contributed by atoms with Crippen molar-refractivity contribution in [1.29, 1.82) is 0 Å². The van der Waals surface area contributed by atoms with Gasteiger partial charge in [0, 0.05) is 24.7 Å². The fourth-order valence-electron chi connectivity index (χ4n) is 3.76. The van der Waals surface area contributed by atoms with Gasteiger partial charge in [-0.3, -0.25) is 4.79 Å². The number of para-hydroxylation sites is 1. The van der Waals surface area contributed by atoms with Crippen molar-refractivity contribution in [3.63, 3.8) is 0 Å². The molecule has 2 aromatic rings. The van der Waals surface area contributed by atoms with Gasteiger partial charge in [0.15, 0.2) is 11.6 Å². The summed E-state index contributed by atoms with van der Waals surface area (Å²) >= 11 is 0. The first-order valence-electron chi connectivity index (χ1n) is 8.73. The summed E-state index contributed by atoms with van der Waals surface area (Å²) in [6, 6.07) is 13.3. The predicted octanol–water partition coefficient (Wildman–Crippen LogP) is 3.44. The van der Waals surface area contributed by atoms with Gasteiger partial charge in [0.25, 0.3) is 5.91 Å². The summed E-state index contributed by atoms with van der Waals surface area (Å²) in [7, 11) is 0. The lowest BCUT2D eigenvalue weighted by Crippen LogP contribution is -2.46. The van der Waals surface area contributed by atoms with Crippen LogP contribution in [0.4, 0.5) is 4.39 Å². The maximum Gasteiger partial charge on any atom is 0.251 e. The smallest absolute Gasteiger partial charge is 0.251 e. The summed E-state index contributed by atoms with van der Waals surface area (Å²) in [5.41, 5.74) is 0.591. The van der Waals surface area contributed by atoms with Crippen molar-refractivity contribution in [2.75, 3.05) is 19.6 Å². The van der Waals surface area contributed by atoms with E-state index < -0.39 is 5.82 Å². The highest BCUT2D eigenvalue weighted by molar-refractivity contribution is 5.94. The SMILES string of the molecule is O=C(NC1CC2CCN(C2)C1)c1ccc(Oc2ccccc2F)cc1. The first-order valence-corrected chi connectivity index (χ1v) is 8.73. The molecule has 1 N–H and O–H groups in total. The minimum atomic E-state index is -0.411. The molecule has 0 saturated carbocycles. The van der Waals surface area contributed by atoms with E-state index >= 15 is 0 Å². The van der Waals surface area contributed by atoms with E-state index in [9.17, 15) is 9.18 Å². The normalized spacial score (nSPS) is 24.8. The second kappa shape index (κ2) is 6.84. The molecular weight excluding hydrogens is 319 g/mol. The van der Waals surface area contributed by atoms with E-state index in [2.05, 4.69) is 10.2 Å². The summed E-state index contributed by atoms with van der Waals surface area (Å²) in [6.45, 7) is 3.27. The van der Waals surface area contributed by atoms with Gasteiger partial charge in [-0.15, -0.1) is 0 Å². The average molecular weight is 340 g/mol. The molecule has 3 atom stereocenters. The molecule has 4 nitrogen and oxygen atoms in total. The number of carbonyl (C=O) groups is 1. The number of nitrogens with zero attached hydrogens (tertiary/aromatic N) is 1. The summed E-state index contributed by atoms with van der Waals surface area (Å²) < 4.78 is 19.1. The van der Waals surface area contributed by atoms with Crippen molar-refractivity contribution in [2.45, 2.75) is 18.9 Å². The highest BCUT2D eigenvalue weighted by Gasteiger charge is 2.32. The number of ether oxygens (including phenoxy) is 1. The van der Waals surface area contributed by atoms with Crippen LogP contribution in [0.1, 0.15) is 23.2 Å². The van der Waals surface area contributed by atoms with Gasteiger partial charge in [-0.05, 0) is 61.7 Å². The largest absolute Gasteiger partial charge is 0.454 e. The van der Waals surface area contributed by atoms with Crippen LogP contribution >= 0.6 is 0 Å². The summed E-state index contributed by atoms with van der Waals surface area (Å²) in [6.07, 6.45) is 2.31. The molecule has 2 heterocycles. The molecule has 25 heavy (non-hydrogen) atoms. The second-order valence-corrected chi connectivity index (χ2v) is 6.88. The Morgan fingerprint density at radius 3 is 2.68 bits per heavy atom. The molecule has 4 rings (SSSR count). The van der Waals surface area contributed by atoms with Crippen molar-refractivity contribution < 1.29 is 13.9 Å². The van der Waals surface area contributed by atoms with E-state index in [1.165, 1.54) is 19.0 Å². The zero-order chi connectivity index (χ0) is 17.2. The van der Waals surface area contributed by atoms with Gasteiger partial charge in [0.05, 0.1) is 0 Å². The van der Waals surface area contributed by atoms with Crippen LogP contribution in [0, 0.1) is 11.7 Å². The number of piperidine rings is 1. The monoisotopic (exact) mass is 340 g/mol. The predicted molar refractivity (Wildman–Crippen MR) is 93.3 cm³/mol. The molecule has 2 bridgehead atoms. The molecule has 0 spiro atoms. The maximum absolute atomic E-state index is 13.6. The lowest BCUT2D eigenvalue weighted by Gasteiger charge is -2.30. The Bertz CT molecular complexity index is 751. The van der Waals surface area contributed by atoms with Gasteiger partial charge in [0.1, 0.15) is 5.75 Å². The fraction of sp³-hybridized carbons (Fsp3) is 0.350. The topological polar surface area (TPSA) is 41.6 Å². The molecule has 0 aliphatic carbocycles. The quantitative estimate of drug-likeness (QED) is 0.927. The molecule has 0 aromatic heterocycles. The fourth-order valence-corrected chi connectivity index (χ4v) is 3.76. The van der Waals surface area contributed by atoms with Crippen molar-refractivity contribution in [2.24, 2.45) is 5.92 Å². The molecule has 2 aromatic carbocycles. The second-order valence-electron chi connectivity index (χ2n) is 6.88. The number of nitrogens with one attached hydrogen (secondary N) is 1. The van der Waals surface area contributed by atoms with Crippen molar-refractivity contribution in [3.8, 4) is 11.5 Å². The van der Waals surface area contributed by atoms with E-state index in [1.54, 1.807) is 42.5 Å². The molecule has 1 amide bonds. The van der Waals surface area contributed by atoms with Crippen LogP contribution in [0.5, 0.6) is 11.5 Å². The third-order valence-corrected chi connectivity index (χ3v) is 4.98. The Kier molecular flexibility index (Phi) is 4.40. The third-order valence-electron chi connectivity index (χ3n) is 4.98. The minimum absolute atomic E-state index is 0.0649. The molecule has 2 aliphatic rings. The molecule has 5 heteroatoms. The number of hydrogen-bond donors (Lipinski definition) is 1. The molecule has 0 radical (unpaired) electrons. The van der Waals surface area contributed by atoms with Crippen LogP contribution in [0.3, 0.4) is 0 Å². The zero-order valence-corrected chi connectivity index (χ0v) is 14.0. The van der Waals surface area contributed by atoms with Gasteiger partial charge in [0.2, 0.25) is 0 Å². The van der Waals surface area contributed by atoms with E-state index in [0.29, 0.717) is 11.3 Å². The highest BCUT2D eigenvalue weighted by Crippen LogP contribution is 2.27. The van der Waals surface area contributed by atoms with Crippen LogP contribution < -0.4 is 10.1 Å². The van der Waals surface area contributed by atoms with Crippen LogP contribution in [0.15, 0.2) is 48.5 Å². The number of amides is 1. The van der Waals surface area contributed by atoms with E-state index in [1.807, 2.05) is 0 Å². The summed E-state index contributed by atoms with van der Waals surface area (Å²) in [4.78, 5) is 14.9. The molecule has 2 saturated heterocycles. The van der Waals surface area contributed by atoms with Crippen molar-refractivity contribution in [1.82, 2.24) is 10.2 Å². The van der Waals surface area contributed by atoms with E-state index in [0.717, 1.165) is 25.4 Å². The Morgan fingerprint density at radius 1 is 1.12 bits per heavy atom. The first kappa shape index (κ1) is 16.1. The summed E-state index contributed by atoms with van der Waals surface area (Å²) in [5, 5.41) is 3.13. The molecular formula is C20H21FN2O2. The summed E-state index contributed by atoms with van der Waals surface area (Å²) in [5.74, 6) is 0.918. The van der Waals surface area contributed by atoms with Gasteiger partial charge in [-0.1, -0.05) is 12.1 Å². The van der Waals surface area contributed by atoms with Gasteiger partial charge in [-0.25, -0.2) is 4.39 Å². The first-order chi connectivity index (χ1) is 12.2. The minimum Gasteiger partial charge on any atom is -0.454 e. The Morgan fingerprint density at radius 2 is 1.92 bits per heavy atom. The maximum atomic E-state index is 13.6. The van der Waals surface area contributed by atoms with Crippen LogP contribution in [-0.2, 0) is 0 Å². The van der Waals surface area contributed by atoms with E-state index in [-0.39, 0.29) is 17.7 Å². The number of halogens is 1. The number of rotatable bonds is 4. The number of fused-ring (bicyclic) bond motifs is 2. The number of benzene rings is 2. The van der Waals surface area contributed by atoms with Crippen LogP contribution in [0.25, 0.3) is 0 Å². The van der Waals surface area contributed by atoms with Crippen LogP contribution in [0.2, 0.25) is 0 Å². The third kappa shape index (κ3) is 3.66. The standard InChI is InChI=1S/C20H21FN2O2/c21-18-3-1-2-4-19(18)25-17-7-5-15(6-8-17)20(24)22-16-11-14-9-10-23(12-14)13-16/h1-8,14,16H,9-13H2,(H,22,24). The van der Waals surface area contributed by atoms with E-state index in [4.69, 9.17) is 4.74 Å². The number of carbonyl (C=O) groups excluding carboxylic acids is 1. The molecule has 2 aliphatic heterocycles.